The molecule has 0 fully saturated rings. The van der Waals surface area contributed by atoms with Crippen molar-refractivity contribution in [1.29, 1.82) is 0 Å². The maximum atomic E-state index is 10.8. The maximum absolute atomic E-state index is 10.8. The number of aromatic nitrogens is 1. The van der Waals surface area contributed by atoms with Crippen molar-refractivity contribution in [2.75, 3.05) is 0 Å². The highest BCUT2D eigenvalue weighted by Gasteiger charge is 2.07. The first-order valence-corrected chi connectivity index (χ1v) is 9.63. The van der Waals surface area contributed by atoms with Crippen LogP contribution in [-0.2, 0) is 0 Å². The molecule has 4 aromatic rings. The summed E-state index contributed by atoms with van der Waals surface area (Å²) >= 11 is 0. The van der Waals surface area contributed by atoms with Gasteiger partial charge < -0.3 is 0 Å². The molecule has 0 unspecified atom stereocenters. The van der Waals surface area contributed by atoms with E-state index in [0.29, 0.717) is 11.5 Å². The minimum absolute atomic E-state index is 0.0343. The number of para-hydroxylation sites is 1. The molecule has 1 N–H and O–H groups in total. The Bertz CT molecular complexity index is 1280. The molecule has 0 aliphatic carbocycles. The minimum atomic E-state index is -0.434. The van der Waals surface area contributed by atoms with Crippen molar-refractivity contribution in [2.24, 2.45) is 10.1 Å². The van der Waals surface area contributed by atoms with Crippen LogP contribution in [0, 0.1) is 17.0 Å². The van der Waals surface area contributed by atoms with Crippen LogP contribution in [0.15, 0.2) is 95.0 Å². The highest BCUT2D eigenvalue weighted by Crippen LogP contribution is 2.16. The Morgan fingerprint density at radius 1 is 0.968 bits per heavy atom. The molecular weight excluding hydrogens is 390 g/mol. The lowest BCUT2D eigenvalue weighted by molar-refractivity contribution is -0.384. The first-order chi connectivity index (χ1) is 15.1. The molecule has 4 rings (SSSR count). The molecular formula is C24H19N5O2. The molecule has 0 spiro atoms. The third-order valence-electron chi connectivity index (χ3n) is 4.60. The van der Waals surface area contributed by atoms with Crippen molar-refractivity contribution >= 4 is 34.3 Å². The topological polar surface area (TPSA) is 92.8 Å². The molecule has 0 aliphatic rings. The molecule has 152 valence electrons. The molecule has 1 heterocycles. The normalized spacial score (nSPS) is 11.7. The van der Waals surface area contributed by atoms with Gasteiger partial charge >= 0.3 is 0 Å². The number of pyridine rings is 1. The van der Waals surface area contributed by atoms with Gasteiger partial charge in [0.2, 0.25) is 0 Å². The van der Waals surface area contributed by atoms with Gasteiger partial charge in [0.25, 0.3) is 5.69 Å². The second kappa shape index (κ2) is 8.96. The van der Waals surface area contributed by atoms with Gasteiger partial charge in [-0.05, 0) is 48.9 Å². The summed E-state index contributed by atoms with van der Waals surface area (Å²) in [5.74, 6) is 0.493. The number of benzene rings is 3. The van der Waals surface area contributed by atoms with E-state index in [1.165, 1.54) is 12.1 Å². The van der Waals surface area contributed by atoms with E-state index in [0.717, 1.165) is 27.7 Å². The predicted octanol–water partition coefficient (Wildman–Crippen LogP) is 5.15. The second-order valence-electron chi connectivity index (χ2n) is 6.90. The molecule has 3 aromatic carbocycles. The van der Waals surface area contributed by atoms with Crippen LogP contribution in [0.4, 0.5) is 11.4 Å². The summed E-state index contributed by atoms with van der Waals surface area (Å²) in [5, 5.41) is 16.1. The summed E-state index contributed by atoms with van der Waals surface area (Å²) in [4.78, 5) is 19.8. The summed E-state index contributed by atoms with van der Waals surface area (Å²) in [6, 6.07) is 25.7. The molecule has 0 atom stereocenters. The third-order valence-corrected chi connectivity index (χ3v) is 4.60. The number of aryl methyl sites for hydroxylation is 1. The molecule has 0 amide bonds. The van der Waals surface area contributed by atoms with Gasteiger partial charge in [0.15, 0.2) is 5.84 Å². The highest BCUT2D eigenvalue weighted by atomic mass is 16.6. The van der Waals surface area contributed by atoms with Crippen molar-refractivity contribution in [3.05, 3.63) is 112 Å². The molecule has 7 nitrogen and oxygen atoms in total. The first kappa shape index (κ1) is 19.9. The van der Waals surface area contributed by atoms with Crippen molar-refractivity contribution in [3.8, 4) is 0 Å². The maximum Gasteiger partial charge on any atom is 0.269 e. The number of nitrogens with zero attached hydrogens (tertiary/aromatic N) is 4. The average Bonchev–Trinajstić information content (AvgIpc) is 2.80. The van der Waals surface area contributed by atoms with Gasteiger partial charge in [-0.3, -0.25) is 15.5 Å². The smallest absolute Gasteiger partial charge is 0.260 e. The zero-order valence-corrected chi connectivity index (χ0v) is 16.8. The Hall–Kier alpha value is -4.39. The Labute approximate surface area is 179 Å². The number of nitro groups is 1. The molecule has 0 radical (unpaired) electrons. The number of nitrogens with one attached hydrogen (secondary N) is 1. The fraction of sp³-hybridized carbons (Fsp3) is 0.0417. The number of aliphatic imine (C=N–C) groups is 1. The lowest BCUT2D eigenvalue weighted by Gasteiger charge is -2.07. The average molecular weight is 409 g/mol. The zero-order valence-electron chi connectivity index (χ0n) is 16.8. The Balaban J connectivity index is 1.64. The van der Waals surface area contributed by atoms with Crippen LogP contribution < -0.4 is 5.43 Å². The Morgan fingerprint density at radius 3 is 2.45 bits per heavy atom. The van der Waals surface area contributed by atoms with Crippen LogP contribution in [0.3, 0.4) is 0 Å². The van der Waals surface area contributed by atoms with Gasteiger partial charge in [0.05, 0.1) is 22.3 Å². The first-order valence-electron chi connectivity index (χ1n) is 9.63. The van der Waals surface area contributed by atoms with Crippen LogP contribution in [0.1, 0.15) is 16.8 Å². The van der Waals surface area contributed by atoms with Gasteiger partial charge in [-0.25, -0.2) is 9.98 Å². The predicted molar refractivity (Wildman–Crippen MR) is 123 cm³/mol. The monoisotopic (exact) mass is 409 g/mol. The van der Waals surface area contributed by atoms with E-state index in [9.17, 15) is 10.1 Å². The molecule has 0 saturated heterocycles. The van der Waals surface area contributed by atoms with Gasteiger partial charge in [0, 0.05) is 17.5 Å². The van der Waals surface area contributed by atoms with E-state index in [1.54, 1.807) is 18.3 Å². The van der Waals surface area contributed by atoms with Crippen LogP contribution >= 0.6 is 0 Å². The SMILES string of the molecule is Cc1ccc(N=C(N/N=C/c2ccc([N+](=O)[O-])cc2)c2ccc3ccccc3n2)cc1. The van der Waals surface area contributed by atoms with E-state index in [4.69, 9.17) is 4.98 Å². The summed E-state index contributed by atoms with van der Waals surface area (Å²) in [5.41, 5.74) is 7.16. The lowest BCUT2D eigenvalue weighted by atomic mass is 10.2. The van der Waals surface area contributed by atoms with Gasteiger partial charge in [-0.2, -0.15) is 5.10 Å². The van der Waals surface area contributed by atoms with E-state index in [1.807, 2.05) is 67.6 Å². The van der Waals surface area contributed by atoms with Gasteiger partial charge in [-0.15, -0.1) is 0 Å². The highest BCUT2D eigenvalue weighted by molar-refractivity contribution is 6.00. The number of rotatable bonds is 5. The zero-order chi connectivity index (χ0) is 21.6. The number of fused-ring (bicyclic) bond motifs is 1. The molecule has 0 saturated carbocycles. The number of non-ortho nitro benzene ring substituents is 1. The van der Waals surface area contributed by atoms with Crippen molar-refractivity contribution in [1.82, 2.24) is 10.4 Å². The Kier molecular flexibility index (Phi) is 5.75. The van der Waals surface area contributed by atoms with Crippen LogP contribution in [0.25, 0.3) is 10.9 Å². The summed E-state index contributed by atoms with van der Waals surface area (Å²) in [6.45, 7) is 2.02. The molecule has 7 heteroatoms. The second-order valence-corrected chi connectivity index (χ2v) is 6.90. The molecule has 1 aromatic heterocycles. The quantitative estimate of drug-likeness (QED) is 0.213. The van der Waals surface area contributed by atoms with Crippen LogP contribution in [0.2, 0.25) is 0 Å². The fourth-order valence-electron chi connectivity index (χ4n) is 2.94. The standard InChI is InChI=1S/C24H19N5O2/c1-17-6-11-20(12-7-17)26-24(23-15-10-19-4-2-3-5-22(19)27-23)28-25-16-18-8-13-21(14-9-18)29(30)31/h2-16H,1H3,(H,26,28)/b25-16+. The summed E-state index contributed by atoms with van der Waals surface area (Å²) in [7, 11) is 0. The number of hydrogen-bond donors (Lipinski definition) is 1. The third kappa shape index (κ3) is 4.97. The van der Waals surface area contributed by atoms with E-state index in [2.05, 4.69) is 15.5 Å². The largest absolute Gasteiger partial charge is 0.269 e. The fourth-order valence-corrected chi connectivity index (χ4v) is 2.94. The van der Waals surface area contributed by atoms with Crippen LogP contribution in [-0.4, -0.2) is 22.0 Å². The molecule has 31 heavy (non-hydrogen) atoms. The van der Waals surface area contributed by atoms with Crippen molar-refractivity contribution < 1.29 is 4.92 Å². The Morgan fingerprint density at radius 2 is 1.71 bits per heavy atom. The van der Waals surface area contributed by atoms with Crippen molar-refractivity contribution in [3.63, 3.8) is 0 Å². The van der Waals surface area contributed by atoms with E-state index in [-0.39, 0.29) is 5.69 Å². The summed E-state index contributed by atoms with van der Waals surface area (Å²) in [6.07, 6.45) is 1.58. The van der Waals surface area contributed by atoms with Gasteiger partial charge in [-0.1, -0.05) is 42.0 Å². The van der Waals surface area contributed by atoms with E-state index >= 15 is 0 Å². The van der Waals surface area contributed by atoms with Crippen molar-refractivity contribution in [2.45, 2.75) is 6.92 Å². The lowest BCUT2D eigenvalue weighted by Crippen LogP contribution is -2.20. The minimum Gasteiger partial charge on any atom is -0.260 e. The molecule has 0 bridgehead atoms. The number of hydrogen-bond acceptors (Lipinski definition) is 5. The number of hydrazone groups is 1. The number of amidine groups is 1. The van der Waals surface area contributed by atoms with Gasteiger partial charge in [0.1, 0.15) is 5.69 Å². The van der Waals surface area contributed by atoms with Crippen LogP contribution in [0.5, 0.6) is 0 Å². The molecule has 0 aliphatic heterocycles. The van der Waals surface area contributed by atoms with E-state index < -0.39 is 4.92 Å². The number of nitro benzene ring substituents is 1. The summed E-state index contributed by atoms with van der Waals surface area (Å²) < 4.78 is 0.